The molecule has 0 aliphatic carbocycles. The lowest BCUT2D eigenvalue weighted by Gasteiger charge is -2.06. The van der Waals surface area contributed by atoms with Crippen molar-refractivity contribution in [1.29, 1.82) is 0 Å². The highest BCUT2D eigenvalue weighted by atomic mass is 127. The smallest absolute Gasteiger partial charge is 0.205 e. The lowest BCUT2D eigenvalue weighted by atomic mass is 10.1. The van der Waals surface area contributed by atoms with E-state index in [9.17, 15) is 5.11 Å². The number of aromatic nitrogens is 1. The Hall–Kier alpha value is -1.54. The molecule has 0 bridgehead atoms. The van der Waals surface area contributed by atoms with Crippen LogP contribution in [0.2, 0.25) is 0 Å². The second-order valence-corrected chi connectivity index (χ2v) is 6.48. The number of pyridine rings is 1. The highest BCUT2D eigenvalue weighted by Crippen LogP contribution is 2.47. The first-order valence-electron chi connectivity index (χ1n) is 6.52. The lowest BCUT2D eigenvalue weighted by molar-refractivity contribution is 0.466. The van der Waals surface area contributed by atoms with Gasteiger partial charge in [0.2, 0.25) is 5.88 Å². The van der Waals surface area contributed by atoms with E-state index in [2.05, 4.69) is 48.8 Å². The summed E-state index contributed by atoms with van der Waals surface area (Å²) < 4.78 is 7.75. The first-order valence-corrected chi connectivity index (χ1v) is 8.40. The van der Waals surface area contributed by atoms with Crippen LogP contribution in [0.5, 0.6) is 5.75 Å². The largest absolute Gasteiger partial charge is 0.504 e. The van der Waals surface area contributed by atoms with Crippen molar-refractivity contribution < 1.29 is 9.52 Å². The fraction of sp³-hybridized carbons (Fsp3) is 0.0625. The molecule has 0 fully saturated rings. The summed E-state index contributed by atoms with van der Waals surface area (Å²) >= 11 is 5.75. The monoisotopic (exact) mass is 470 g/mol. The number of nitrogens with zero attached hydrogens (tertiary/aromatic N) is 1. The summed E-state index contributed by atoms with van der Waals surface area (Å²) in [6.45, 7) is 0. The number of nitrogens with one attached hydrogen (secondary N) is 1. The minimum absolute atomic E-state index is 0.0825. The average molecular weight is 471 g/mol. The number of halogens is 2. The molecule has 0 amide bonds. The van der Waals surface area contributed by atoms with Crippen molar-refractivity contribution in [3.63, 3.8) is 0 Å². The molecule has 0 unspecified atom stereocenters. The van der Waals surface area contributed by atoms with Crippen molar-refractivity contribution in [2.75, 3.05) is 12.4 Å². The maximum atomic E-state index is 10.7. The maximum absolute atomic E-state index is 10.7. The summed E-state index contributed by atoms with van der Waals surface area (Å²) in [5.74, 6) is 0.948. The van der Waals surface area contributed by atoms with Crippen molar-refractivity contribution >= 4 is 44.4 Å². The summed E-state index contributed by atoms with van der Waals surface area (Å²) in [6, 6.07) is 11.3. The molecule has 0 spiro atoms. The summed E-state index contributed by atoms with van der Waals surface area (Å²) in [7, 11) is 1.76. The van der Waals surface area contributed by atoms with Crippen molar-refractivity contribution in [3.05, 3.63) is 50.6 Å². The van der Waals surface area contributed by atoms with Gasteiger partial charge in [-0.1, -0.05) is 18.2 Å². The van der Waals surface area contributed by atoms with E-state index in [1.165, 1.54) is 0 Å². The molecule has 0 aliphatic heterocycles. The molecule has 0 saturated carbocycles. The number of anilines is 1. The van der Waals surface area contributed by atoms with E-state index >= 15 is 0 Å². The number of aromatic hydroxyl groups is 1. The van der Waals surface area contributed by atoms with Gasteiger partial charge in [0.15, 0.2) is 11.5 Å². The van der Waals surface area contributed by atoms with Gasteiger partial charge in [0, 0.05) is 26.9 Å². The Morgan fingerprint density at radius 3 is 2.73 bits per heavy atom. The minimum Gasteiger partial charge on any atom is -0.504 e. The quantitative estimate of drug-likeness (QED) is 0.521. The van der Waals surface area contributed by atoms with Crippen LogP contribution in [0, 0.1) is 3.57 Å². The molecular weight excluding hydrogens is 459 g/mol. The van der Waals surface area contributed by atoms with Gasteiger partial charge in [-0.05, 0) is 56.7 Å². The molecule has 4 nitrogen and oxygen atoms in total. The van der Waals surface area contributed by atoms with E-state index in [0.29, 0.717) is 22.9 Å². The van der Waals surface area contributed by atoms with Gasteiger partial charge in [-0.15, -0.1) is 0 Å². The van der Waals surface area contributed by atoms with Crippen LogP contribution in [-0.2, 0) is 0 Å². The molecule has 2 aromatic heterocycles. The number of rotatable bonds is 3. The topological polar surface area (TPSA) is 58.3 Å². The highest BCUT2D eigenvalue weighted by molar-refractivity contribution is 14.1. The van der Waals surface area contributed by atoms with E-state index in [1.54, 1.807) is 19.3 Å². The molecule has 0 saturated heterocycles. The molecule has 3 rings (SSSR count). The Bertz CT molecular complexity index is 819. The van der Waals surface area contributed by atoms with Gasteiger partial charge < -0.3 is 14.8 Å². The van der Waals surface area contributed by atoms with E-state index in [1.807, 2.05) is 30.3 Å². The Balaban J connectivity index is 2.25. The van der Waals surface area contributed by atoms with Crippen LogP contribution in [0.4, 0.5) is 5.88 Å². The van der Waals surface area contributed by atoms with E-state index < -0.39 is 0 Å². The predicted octanol–water partition coefficient (Wildman–Crippen LogP) is 5.12. The average Bonchev–Trinajstić information content (AvgIpc) is 2.87. The van der Waals surface area contributed by atoms with Crippen LogP contribution in [-0.4, -0.2) is 17.1 Å². The highest BCUT2D eigenvalue weighted by Gasteiger charge is 2.24. The van der Waals surface area contributed by atoms with Crippen LogP contribution in [0.15, 0.2) is 51.5 Å². The van der Waals surface area contributed by atoms with Gasteiger partial charge in [0.05, 0.1) is 5.56 Å². The molecule has 1 aromatic carbocycles. The minimum atomic E-state index is 0.0825. The molecule has 0 radical (unpaired) electrons. The van der Waals surface area contributed by atoms with E-state index in [-0.39, 0.29) is 5.75 Å². The van der Waals surface area contributed by atoms with Gasteiger partial charge in [0.1, 0.15) is 5.69 Å². The van der Waals surface area contributed by atoms with Crippen molar-refractivity contribution in [2.24, 2.45) is 0 Å². The van der Waals surface area contributed by atoms with Crippen molar-refractivity contribution in [1.82, 2.24) is 4.98 Å². The number of hydrogen-bond donors (Lipinski definition) is 2. The Morgan fingerprint density at radius 2 is 2.05 bits per heavy atom. The third-order valence-electron chi connectivity index (χ3n) is 3.23. The first-order chi connectivity index (χ1) is 10.6. The summed E-state index contributed by atoms with van der Waals surface area (Å²) in [4.78, 5) is 4.24. The number of furan rings is 1. The summed E-state index contributed by atoms with van der Waals surface area (Å²) in [5, 5.41) is 13.7. The van der Waals surface area contributed by atoms with Gasteiger partial charge in [-0.25, -0.2) is 0 Å². The van der Waals surface area contributed by atoms with Crippen LogP contribution in [0.1, 0.15) is 0 Å². The van der Waals surface area contributed by atoms with Crippen LogP contribution in [0.3, 0.4) is 0 Å². The molecule has 2 N–H and O–H groups in total. The fourth-order valence-electron chi connectivity index (χ4n) is 2.22. The van der Waals surface area contributed by atoms with Gasteiger partial charge in [-0.2, -0.15) is 0 Å². The lowest BCUT2D eigenvalue weighted by Crippen LogP contribution is -1.90. The van der Waals surface area contributed by atoms with E-state index in [4.69, 9.17) is 4.42 Å². The third kappa shape index (κ3) is 2.61. The zero-order valence-corrected chi connectivity index (χ0v) is 15.3. The SMILES string of the molecule is CNc1oc(-c2ccccn2)c(O)c1-c1cccc(Br)c1I. The Kier molecular flexibility index (Phi) is 4.39. The van der Waals surface area contributed by atoms with Crippen LogP contribution >= 0.6 is 38.5 Å². The van der Waals surface area contributed by atoms with E-state index in [0.717, 1.165) is 13.6 Å². The second kappa shape index (κ2) is 6.29. The Morgan fingerprint density at radius 1 is 1.23 bits per heavy atom. The molecule has 112 valence electrons. The molecule has 3 aromatic rings. The summed E-state index contributed by atoms with van der Waals surface area (Å²) in [5.41, 5.74) is 2.12. The molecule has 22 heavy (non-hydrogen) atoms. The summed E-state index contributed by atoms with van der Waals surface area (Å²) in [6.07, 6.45) is 1.67. The van der Waals surface area contributed by atoms with Crippen molar-refractivity contribution in [2.45, 2.75) is 0 Å². The molecule has 6 heteroatoms. The normalized spacial score (nSPS) is 10.7. The number of hydrogen-bond acceptors (Lipinski definition) is 4. The van der Waals surface area contributed by atoms with Gasteiger partial charge in [-0.3, -0.25) is 4.98 Å². The fourth-order valence-corrected chi connectivity index (χ4v) is 3.21. The zero-order chi connectivity index (χ0) is 15.7. The standard InChI is InChI=1S/C16H12BrIN2O2/c1-19-16-12(9-5-4-6-10(17)13(9)18)14(21)15(22-16)11-7-2-3-8-20-11/h2-8,19,21H,1H3. The maximum Gasteiger partial charge on any atom is 0.205 e. The molecule has 0 aliphatic rings. The zero-order valence-electron chi connectivity index (χ0n) is 11.6. The van der Waals surface area contributed by atoms with Crippen molar-refractivity contribution in [3.8, 4) is 28.3 Å². The molecule has 2 heterocycles. The third-order valence-corrected chi connectivity index (χ3v) is 5.79. The van der Waals surface area contributed by atoms with Crippen LogP contribution in [0.25, 0.3) is 22.6 Å². The second-order valence-electron chi connectivity index (χ2n) is 4.55. The Labute approximate surface area is 149 Å². The first kappa shape index (κ1) is 15.4. The van der Waals surface area contributed by atoms with Gasteiger partial charge in [0.25, 0.3) is 0 Å². The molecule has 0 atom stereocenters. The predicted molar refractivity (Wildman–Crippen MR) is 99.0 cm³/mol. The van der Waals surface area contributed by atoms with Crippen LogP contribution < -0.4 is 5.32 Å². The van der Waals surface area contributed by atoms with Gasteiger partial charge >= 0.3 is 0 Å². The molecular formula is C16H12BrIN2O2. The number of benzene rings is 1.